The van der Waals surface area contributed by atoms with Gasteiger partial charge in [-0.25, -0.2) is 8.78 Å². The first-order chi connectivity index (χ1) is 12.3. The molecule has 1 N–H and O–H groups in total. The lowest BCUT2D eigenvalue weighted by Crippen LogP contribution is -2.23. The number of ketones is 1. The van der Waals surface area contributed by atoms with Gasteiger partial charge in [-0.15, -0.1) is 0 Å². The number of carbonyl (C=O) groups excluding carboxylic acids is 1. The molecule has 2 aliphatic rings. The number of aliphatic hydroxyl groups is 1. The molecule has 2 bridgehead atoms. The Balaban J connectivity index is 2.10. The van der Waals surface area contributed by atoms with Crippen LogP contribution >= 0.6 is 0 Å². The van der Waals surface area contributed by atoms with Gasteiger partial charge in [-0.05, 0) is 68.4 Å². The number of carbonyl (C=O) groups is 1. The van der Waals surface area contributed by atoms with E-state index in [0.29, 0.717) is 23.1 Å². The summed E-state index contributed by atoms with van der Waals surface area (Å²) < 4.78 is 26.9. The van der Waals surface area contributed by atoms with E-state index in [4.69, 9.17) is 0 Å². The molecule has 0 saturated heterocycles. The van der Waals surface area contributed by atoms with Gasteiger partial charge in [-0.1, -0.05) is 24.6 Å². The lowest BCUT2D eigenvalue weighted by atomic mass is 9.81. The summed E-state index contributed by atoms with van der Waals surface area (Å²) in [5, 5.41) is 10.7. The minimum atomic E-state index is -0.894. The van der Waals surface area contributed by atoms with Crippen molar-refractivity contribution in [2.75, 3.05) is 0 Å². The Kier molecular flexibility index (Phi) is 5.12. The van der Waals surface area contributed by atoms with Crippen molar-refractivity contribution in [1.29, 1.82) is 0 Å². The van der Waals surface area contributed by atoms with E-state index in [9.17, 15) is 18.7 Å². The molecule has 1 saturated carbocycles. The van der Waals surface area contributed by atoms with Crippen LogP contribution in [0.3, 0.4) is 0 Å². The van der Waals surface area contributed by atoms with Gasteiger partial charge in [0.15, 0.2) is 17.4 Å². The molecule has 0 heterocycles. The van der Waals surface area contributed by atoms with E-state index < -0.39 is 11.6 Å². The Hall–Kier alpha value is -2.23. The number of benzene rings is 1. The van der Waals surface area contributed by atoms with Crippen LogP contribution in [-0.4, -0.2) is 10.9 Å². The summed E-state index contributed by atoms with van der Waals surface area (Å²) in [5.74, 6) is -1.53. The van der Waals surface area contributed by atoms with Crippen LogP contribution in [0.15, 0.2) is 46.8 Å². The highest BCUT2D eigenvalue weighted by Gasteiger charge is 2.41. The van der Waals surface area contributed by atoms with Gasteiger partial charge in [0.25, 0.3) is 0 Å². The fourth-order valence-electron chi connectivity index (χ4n) is 4.00. The first-order valence-electron chi connectivity index (χ1n) is 9.14. The van der Waals surface area contributed by atoms with Gasteiger partial charge in [-0.2, -0.15) is 0 Å². The molecular formula is C22H24F2O2. The molecule has 0 spiro atoms. The minimum Gasteiger partial charge on any atom is -0.511 e. The predicted octanol–water partition coefficient (Wildman–Crippen LogP) is 5.91. The molecule has 0 radical (unpaired) electrons. The molecule has 2 nitrogen and oxygen atoms in total. The largest absolute Gasteiger partial charge is 0.511 e. The van der Waals surface area contributed by atoms with Gasteiger partial charge >= 0.3 is 0 Å². The Morgan fingerprint density at radius 2 is 1.88 bits per heavy atom. The second kappa shape index (κ2) is 7.18. The molecule has 0 aromatic heterocycles. The van der Waals surface area contributed by atoms with Crippen molar-refractivity contribution in [2.45, 2.75) is 46.5 Å². The fourth-order valence-corrected chi connectivity index (χ4v) is 4.00. The topological polar surface area (TPSA) is 37.3 Å². The minimum absolute atomic E-state index is 0.00411. The zero-order valence-electron chi connectivity index (χ0n) is 15.4. The molecule has 1 aromatic carbocycles. The predicted molar refractivity (Wildman–Crippen MR) is 98.5 cm³/mol. The number of hydrogen-bond acceptors (Lipinski definition) is 2. The van der Waals surface area contributed by atoms with Gasteiger partial charge in [0.05, 0.1) is 5.57 Å². The van der Waals surface area contributed by atoms with Gasteiger partial charge in [0.1, 0.15) is 5.76 Å². The number of rotatable bonds is 4. The SMILES string of the molecule is CC/C(=C\C(=C(C)C)C1=C(O)C2CCC(C2)C1=O)c1ccc(F)c(F)c1. The first-order valence-corrected chi connectivity index (χ1v) is 9.14. The highest BCUT2D eigenvalue weighted by molar-refractivity contribution is 6.04. The van der Waals surface area contributed by atoms with E-state index in [1.807, 2.05) is 26.8 Å². The van der Waals surface area contributed by atoms with Crippen LogP contribution in [0, 0.1) is 23.5 Å². The van der Waals surface area contributed by atoms with Crippen LogP contribution in [0.1, 0.15) is 52.0 Å². The van der Waals surface area contributed by atoms with Crippen molar-refractivity contribution in [3.05, 3.63) is 64.0 Å². The molecule has 0 amide bonds. The average molecular weight is 358 g/mol. The Morgan fingerprint density at radius 1 is 1.19 bits per heavy atom. The van der Waals surface area contributed by atoms with Crippen molar-refractivity contribution >= 4 is 11.4 Å². The second-order valence-electron chi connectivity index (χ2n) is 7.40. The van der Waals surface area contributed by atoms with E-state index in [0.717, 1.165) is 36.5 Å². The maximum absolute atomic E-state index is 13.6. The number of fused-ring (bicyclic) bond motifs is 2. The quantitative estimate of drug-likeness (QED) is 0.680. The third kappa shape index (κ3) is 3.25. The molecule has 1 aromatic rings. The van der Waals surface area contributed by atoms with Crippen molar-refractivity contribution in [3.8, 4) is 0 Å². The van der Waals surface area contributed by atoms with Crippen molar-refractivity contribution in [3.63, 3.8) is 0 Å². The summed E-state index contributed by atoms with van der Waals surface area (Å²) >= 11 is 0. The van der Waals surface area contributed by atoms with Crippen LogP contribution in [-0.2, 0) is 4.79 Å². The van der Waals surface area contributed by atoms with Gasteiger partial charge in [0.2, 0.25) is 0 Å². The summed E-state index contributed by atoms with van der Waals surface area (Å²) in [6.07, 6.45) is 4.83. The van der Waals surface area contributed by atoms with Gasteiger partial charge in [-0.3, -0.25) is 4.79 Å². The molecular weight excluding hydrogens is 334 g/mol. The highest BCUT2D eigenvalue weighted by Crippen LogP contribution is 2.45. The summed E-state index contributed by atoms with van der Waals surface area (Å²) in [6.45, 7) is 5.72. The maximum atomic E-state index is 13.6. The molecule has 4 heteroatoms. The van der Waals surface area contributed by atoms with E-state index in [2.05, 4.69) is 0 Å². The highest BCUT2D eigenvalue weighted by atomic mass is 19.2. The summed E-state index contributed by atoms with van der Waals surface area (Å²) in [6, 6.07) is 3.82. The number of allylic oxidation sites excluding steroid dienone is 6. The standard InChI is InChI=1S/C22H24F2O2/c1-4-13(14-7-8-18(23)19(24)11-14)10-17(12(2)3)20-21(25)15-5-6-16(9-15)22(20)26/h7-8,10-11,15-16,25H,4-6,9H2,1-3H3/b13-10+. The maximum Gasteiger partial charge on any atom is 0.169 e. The number of halogens is 2. The Labute approximate surface area is 152 Å². The summed E-state index contributed by atoms with van der Waals surface area (Å²) in [4.78, 5) is 12.9. The van der Waals surface area contributed by atoms with Crippen molar-refractivity contribution in [1.82, 2.24) is 0 Å². The van der Waals surface area contributed by atoms with Crippen LogP contribution < -0.4 is 0 Å². The fraction of sp³-hybridized carbons (Fsp3) is 0.409. The molecule has 3 rings (SSSR count). The smallest absolute Gasteiger partial charge is 0.169 e. The van der Waals surface area contributed by atoms with E-state index in [1.165, 1.54) is 12.1 Å². The third-order valence-electron chi connectivity index (χ3n) is 5.49. The first kappa shape index (κ1) is 18.6. The van der Waals surface area contributed by atoms with Gasteiger partial charge in [0, 0.05) is 11.8 Å². The summed E-state index contributed by atoms with van der Waals surface area (Å²) in [7, 11) is 0. The lowest BCUT2D eigenvalue weighted by molar-refractivity contribution is -0.119. The molecule has 26 heavy (non-hydrogen) atoms. The zero-order chi connectivity index (χ0) is 19.0. The van der Waals surface area contributed by atoms with Crippen LogP contribution in [0.2, 0.25) is 0 Å². The average Bonchev–Trinajstić information content (AvgIpc) is 3.06. The van der Waals surface area contributed by atoms with E-state index in [-0.39, 0.29) is 23.4 Å². The number of hydrogen-bond donors (Lipinski definition) is 1. The van der Waals surface area contributed by atoms with Crippen LogP contribution in [0.5, 0.6) is 0 Å². The number of aliphatic hydroxyl groups excluding tert-OH is 1. The van der Waals surface area contributed by atoms with E-state index >= 15 is 0 Å². The monoisotopic (exact) mass is 358 g/mol. The summed E-state index contributed by atoms with van der Waals surface area (Å²) in [5.41, 5.74) is 3.40. The molecule has 2 atom stereocenters. The molecule has 2 unspecified atom stereocenters. The molecule has 138 valence electrons. The van der Waals surface area contributed by atoms with E-state index in [1.54, 1.807) is 0 Å². The van der Waals surface area contributed by atoms with Gasteiger partial charge < -0.3 is 5.11 Å². The molecule has 0 aliphatic heterocycles. The Morgan fingerprint density at radius 3 is 2.50 bits per heavy atom. The van der Waals surface area contributed by atoms with Crippen molar-refractivity contribution in [2.24, 2.45) is 11.8 Å². The second-order valence-corrected chi connectivity index (χ2v) is 7.40. The zero-order valence-corrected chi connectivity index (χ0v) is 15.4. The van der Waals surface area contributed by atoms with Crippen molar-refractivity contribution < 1.29 is 18.7 Å². The Bertz CT molecular complexity index is 842. The lowest BCUT2D eigenvalue weighted by Gasteiger charge is -2.23. The third-order valence-corrected chi connectivity index (χ3v) is 5.49. The molecule has 2 aliphatic carbocycles. The van der Waals surface area contributed by atoms with Crippen LogP contribution in [0.25, 0.3) is 5.57 Å². The number of Topliss-reactive ketones (excluding diaryl/α,β-unsaturated/α-hetero) is 1. The molecule has 1 fully saturated rings. The normalized spacial score (nSPS) is 22.8. The van der Waals surface area contributed by atoms with Crippen LogP contribution in [0.4, 0.5) is 8.78 Å².